The molecular formula is C15H27N3O5. The van der Waals surface area contributed by atoms with Gasteiger partial charge in [-0.1, -0.05) is 0 Å². The maximum absolute atomic E-state index is 12.4. The summed E-state index contributed by atoms with van der Waals surface area (Å²) >= 11 is 0. The van der Waals surface area contributed by atoms with Crippen molar-refractivity contribution in [1.82, 2.24) is 15.3 Å². The second-order valence-corrected chi connectivity index (χ2v) is 6.70. The molecule has 1 heterocycles. The molecule has 0 aromatic heterocycles. The Kier molecular flexibility index (Phi) is 6.37. The number of hydrogen-bond acceptors (Lipinski definition) is 5. The Morgan fingerprint density at radius 3 is 2.48 bits per heavy atom. The van der Waals surface area contributed by atoms with Crippen LogP contribution in [0, 0.1) is 5.92 Å². The molecule has 8 heteroatoms. The van der Waals surface area contributed by atoms with Crippen molar-refractivity contribution in [3.8, 4) is 0 Å². The minimum atomic E-state index is -0.879. The predicted molar refractivity (Wildman–Crippen MR) is 83.3 cm³/mol. The molecule has 1 rings (SSSR count). The van der Waals surface area contributed by atoms with Crippen LogP contribution in [0.25, 0.3) is 0 Å². The summed E-state index contributed by atoms with van der Waals surface area (Å²) in [5.41, 5.74) is -0.672. The third-order valence-corrected chi connectivity index (χ3v) is 3.63. The minimum Gasteiger partial charge on any atom is -0.444 e. The van der Waals surface area contributed by atoms with Crippen molar-refractivity contribution in [2.75, 3.05) is 27.7 Å². The fourth-order valence-electron chi connectivity index (χ4n) is 2.38. The second-order valence-electron chi connectivity index (χ2n) is 6.70. The molecule has 0 saturated carbocycles. The molecule has 1 saturated heterocycles. The highest BCUT2D eigenvalue weighted by atomic mass is 16.7. The van der Waals surface area contributed by atoms with Gasteiger partial charge in [-0.2, -0.15) is 0 Å². The van der Waals surface area contributed by atoms with Crippen LogP contribution >= 0.6 is 0 Å². The van der Waals surface area contributed by atoms with Crippen molar-refractivity contribution in [2.45, 2.75) is 45.3 Å². The number of nitrogens with one attached hydrogen (secondary N) is 1. The van der Waals surface area contributed by atoms with Gasteiger partial charge in [0.05, 0.1) is 7.11 Å². The van der Waals surface area contributed by atoms with Crippen molar-refractivity contribution in [3.63, 3.8) is 0 Å². The average Bonchev–Trinajstić information content (AvgIpc) is 2.74. The molecule has 0 aromatic carbocycles. The Morgan fingerprint density at radius 2 is 2.04 bits per heavy atom. The van der Waals surface area contributed by atoms with Crippen LogP contribution in [0.1, 0.15) is 33.6 Å². The highest BCUT2D eigenvalue weighted by molar-refractivity contribution is 5.87. The van der Waals surface area contributed by atoms with Gasteiger partial charge in [0, 0.05) is 26.6 Å². The largest absolute Gasteiger partial charge is 0.444 e. The van der Waals surface area contributed by atoms with E-state index in [-0.39, 0.29) is 18.2 Å². The topological polar surface area (TPSA) is 88.2 Å². The van der Waals surface area contributed by atoms with Crippen LogP contribution in [0.5, 0.6) is 0 Å². The van der Waals surface area contributed by atoms with Gasteiger partial charge in [-0.05, 0) is 33.6 Å². The monoisotopic (exact) mass is 329 g/mol. The lowest BCUT2D eigenvalue weighted by atomic mass is 9.98. The third-order valence-electron chi connectivity index (χ3n) is 3.63. The van der Waals surface area contributed by atoms with Gasteiger partial charge < -0.3 is 15.0 Å². The van der Waals surface area contributed by atoms with Crippen LogP contribution in [-0.2, 0) is 19.2 Å². The lowest BCUT2D eigenvalue weighted by molar-refractivity contribution is -0.171. The van der Waals surface area contributed by atoms with Gasteiger partial charge in [0.15, 0.2) is 0 Å². The van der Waals surface area contributed by atoms with E-state index in [0.717, 1.165) is 5.06 Å². The Morgan fingerprint density at radius 1 is 1.43 bits per heavy atom. The zero-order valence-corrected chi connectivity index (χ0v) is 14.7. The summed E-state index contributed by atoms with van der Waals surface area (Å²) < 4.78 is 5.19. The SMILES string of the molecule is CON(C)C(=O)[C@H](CC1CCN(C)C1=O)NC(=O)OC(C)(C)C. The standard InChI is InChI=1S/C15H27N3O5/c1-15(2,3)23-14(21)16-11(13(20)18(5)22-6)9-10-7-8-17(4)12(10)19/h10-11H,7-9H2,1-6H3,(H,16,21)/t10?,11-/m0/s1. The maximum Gasteiger partial charge on any atom is 0.408 e. The molecule has 1 aliphatic rings. The zero-order valence-electron chi connectivity index (χ0n) is 14.7. The summed E-state index contributed by atoms with van der Waals surface area (Å²) in [7, 11) is 4.54. The summed E-state index contributed by atoms with van der Waals surface area (Å²) in [6, 6.07) is -0.879. The zero-order chi connectivity index (χ0) is 17.8. The maximum atomic E-state index is 12.4. The lowest BCUT2D eigenvalue weighted by Gasteiger charge is -2.26. The quantitative estimate of drug-likeness (QED) is 0.753. The third kappa shape index (κ3) is 5.70. The first-order chi connectivity index (χ1) is 10.5. The van der Waals surface area contributed by atoms with Crippen LogP contribution in [0.15, 0.2) is 0 Å². The number of likely N-dealkylation sites (tertiary alicyclic amines) is 1. The second kappa shape index (κ2) is 7.63. The highest BCUT2D eigenvalue weighted by Gasteiger charge is 2.35. The van der Waals surface area contributed by atoms with Crippen molar-refractivity contribution in [3.05, 3.63) is 0 Å². The Labute approximate surface area is 137 Å². The number of likely N-dealkylation sites (N-methyl/N-ethyl adjacent to an activating group) is 1. The van der Waals surface area contributed by atoms with Gasteiger partial charge >= 0.3 is 6.09 Å². The van der Waals surface area contributed by atoms with E-state index in [1.165, 1.54) is 14.2 Å². The molecule has 3 amide bonds. The van der Waals surface area contributed by atoms with Gasteiger partial charge in [-0.25, -0.2) is 9.86 Å². The molecule has 23 heavy (non-hydrogen) atoms. The number of ether oxygens (including phenoxy) is 1. The minimum absolute atomic E-state index is 0.0196. The van der Waals surface area contributed by atoms with E-state index >= 15 is 0 Å². The van der Waals surface area contributed by atoms with E-state index in [9.17, 15) is 14.4 Å². The summed E-state index contributed by atoms with van der Waals surface area (Å²) in [5, 5.41) is 3.58. The number of hydrogen-bond donors (Lipinski definition) is 1. The fourth-order valence-corrected chi connectivity index (χ4v) is 2.38. The molecule has 1 fully saturated rings. The average molecular weight is 329 g/mol. The molecule has 1 unspecified atom stereocenters. The molecule has 1 N–H and O–H groups in total. The molecule has 1 aliphatic heterocycles. The van der Waals surface area contributed by atoms with E-state index in [1.54, 1.807) is 32.7 Å². The van der Waals surface area contributed by atoms with Gasteiger partial charge in [0.2, 0.25) is 5.91 Å². The fraction of sp³-hybridized carbons (Fsp3) is 0.800. The Bertz CT molecular complexity index is 461. The first kappa shape index (κ1) is 19.2. The first-order valence-corrected chi connectivity index (χ1v) is 7.61. The molecule has 8 nitrogen and oxygen atoms in total. The van der Waals surface area contributed by atoms with Gasteiger partial charge in [0.1, 0.15) is 11.6 Å². The van der Waals surface area contributed by atoms with E-state index < -0.39 is 23.6 Å². The summed E-state index contributed by atoms with van der Waals surface area (Å²) in [6.07, 6.45) is 0.181. The summed E-state index contributed by atoms with van der Waals surface area (Å²) in [4.78, 5) is 42.9. The molecule has 0 bridgehead atoms. The Hall–Kier alpha value is -1.83. The van der Waals surface area contributed by atoms with Crippen molar-refractivity contribution in [1.29, 1.82) is 0 Å². The van der Waals surface area contributed by atoms with Crippen LogP contribution in [0.2, 0.25) is 0 Å². The number of amides is 3. The summed E-state index contributed by atoms with van der Waals surface area (Å²) in [6.45, 7) is 5.86. The van der Waals surface area contributed by atoms with Gasteiger partial charge in [0.25, 0.3) is 5.91 Å². The first-order valence-electron chi connectivity index (χ1n) is 7.61. The molecule has 0 aliphatic carbocycles. The number of nitrogens with zero attached hydrogens (tertiary/aromatic N) is 2. The van der Waals surface area contributed by atoms with Gasteiger partial charge in [-0.3, -0.25) is 14.4 Å². The molecule has 132 valence electrons. The molecule has 0 aromatic rings. The van der Waals surface area contributed by atoms with Crippen LogP contribution < -0.4 is 5.32 Å². The van der Waals surface area contributed by atoms with Crippen molar-refractivity contribution in [2.24, 2.45) is 5.92 Å². The molecule has 0 radical (unpaired) electrons. The van der Waals surface area contributed by atoms with E-state index in [2.05, 4.69) is 5.32 Å². The van der Waals surface area contributed by atoms with E-state index in [0.29, 0.717) is 13.0 Å². The molecular weight excluding hydrogens is 302 g/mol. The number of carbonyl (C=O) groups is 3. The lowest BCUT2D eigenvalue weighted by Crippen LogP contribution is -2.49. The number of carbonyl (C=O) groups excluding carboxylic acids is 3. The number of hydroxylamine groups is 2. The summed E-state index contributed by atoms with van der Waals surface area (Å²) in [5.74, 6) is -0.747. The normalized spacial score (nSPS) is 19.5. The Balaban J connectivity index is 2.79. The predicted octanol–water partition coefficient (Wildman–Crippen LogP) is 0.768. The van der Waals surface area contributed by atoms with Crippen molar-refractivity contribution < 1.29 is 24.0 Å². The van der Waals surface area contributed by atoms with Crippen molar-refractivity contribution >= 4 is 17.9 Å². The van der Waals surface area contributed by atoms with Crippen LogP contribution in [0.4, 0.5) is 4.79 Å². The number of rotatable bonds is 5. The van der Waals surface area contributed by atoms with Crippen LogP contribution in [0.3, 0.4) is 0 Å². The van der Waals surface area contributed by atoms with E-state index in [4.69, 9.17) is 9.57 Å². The smallest absolute Gasteiger partial charge is 0.408 e. The number of alkyl carbamates (subject to hydrolysis) is 1. The van der Waals surface area contributed by atoms with Crippen LogP contribution in [-0.4, -0.2) is 67.3 Å². The highest BCUT2D eigenvalue weighted by Crippen LogP contribution is 2.22. The van der Waals surface area contributed by atoms with E-state index in [1.807, 2.05) is 0 Å². The molecule has 2 atom stereocenters. The molecule has 0 spiro atoms. The van der Waals surface area contributed by atoms with Gasteiger partial charge in [-0.15, -0.1) is 0 Å².